The van der Waals surface area contributed by atoms with E-state index in [0.29, 0.717) is 0 Å². The van der Waals surface area contributed by atoms with Gasteiger partial charge in [0.15, 0.2) is 0 Å². The lowest BCUT2D eigenvalue weighted by atomic mass is 9.68. The SMILES string of the molecule is CCC1(C)c2cc(-c3c(C)cc(C)cc3C)ccc2N2c3ccc(-c4c(C)cc(C)cc4C)cc3N(c3c(-c4cccc5sc6ccccc6c45)cccc3-c3cccc4sc5ccccc5c34)c3cc(-n4c5ccc(C(C)(C)C)cc5c5ccc(-c6cc(C(C)(C)C)cc(C(C)(C)C)c6)cc54)cc1c32. The number of aryl methyl sites for hydroxylation is 6. The van der Waals surface area contributed by atoms with Gasteiger partial charge in [-0.3, -0.25) is 0 Å². The molecule has 0 saturated carbocycles. The van der Waals surface area contributed by atoms with Gasteiger partial charge in [0.25, 0.3) is 0 Å². The number of fused-ring (bicyclic) bond motifs is 13. The van der Waals surface area contributed by atoms with Crippen LogP contribution in [0.4, 0.5) is 34.1 Å². The van der Waals surface area contributed by atoms with Gasteiger partial charge in [-0.25, -0.2) is 0 Å². The van der Waals surface area contributed by atoms with E-state index in [1.165, 1.54) is 190 Å². The highest BCUT2D eigenvalue weighted by molar-refractivity contribution is 7.26. The Hall–Kier alpha value is -10.3. The normalized spacial score (nSPS) is 14.6. The predicted octanol–water partition coefficient (Wildman–Crippen LogP) is 29.9. The molecular weight excluding hydrogens is 1310 g/mol. The molecule has 13 aromatic carbocycles. The fourth-order valence-electron chi connectivity index (χ4n) is 18.3. The van der Waals surface area contributed by atoms with E-state index in [9.17, 15) is 0 Å². The molecule has 0 spiro atoms. The molecule has 1 atom stereocenters. The fourth-order valence-corrected chi connectivity index (χ4v) is 20.6. The van der Waals surface area contributed by atoms with Crippen LogP contribution in [0, 0.1) is 41.5 Å². The Morgan fingerprint density at radius 2 is 0.829 bits per heavy atom. The van der Waals surface area contributed by atoms with Gasteiger partial charge in [0.2, 0.25) is 0 Å². The third-order valence-electron chi connectivity index (χ3n) is 23.6. The Labute approximate surface area is 627 Å². The number of hydrogen-bond acceptors (Lipinski definition) is 4. The number of anilines is 6. The highest BCUT2D eigenvalue weighted by atomic mass is 32.1. The quantitative estimate of drug-likeness (QED) is 0.150. The first-order chi connectivity index (χ1) is 50.2. The van der Waals surface area contributed by atoms with Gasteiger partial charge in [0.05, 0.1) is 45.2 Å². The van der Waals surface area contributed by atoms with E-state index in [4.69, 9.17) is 0 Å². The monoisotopic (exact) mass is 1400 g/mol. The Balaban J connectivity index is 1.03. The van der Waals surface area contributed by atoms with Gasteiger partial charge in [-0.2, -0.15) is 0 Å². The third-order valence-corrected chi connectivity index (χ3v) is 25.9. The molecular formula is C100H91N3S2. The highest BCUT2D eigenvalue weighted by Gasteiger charge is 2.46. The topological polar surface area (TPSA) is 11.4 Å². The standard InChI is InChI=1S/C100H91N3S2/c1-18-100(17)79-50-64(91-59(4)44-57(2)45-60(91)5)37-41-82(79)102-83-42-38-65(92-61(6)46-58(3)47-62(92)7)52-85(83)103(95-74(72-28-24-34-89-93(72)76-26-19-21-32-87(76)104-89)30-23-31-75(95)73-29-25-35-90-94(73)77-27-20-22-33-88(77)105-90)86-56-70(55-80(100)96(86)102)101-81-43-39-67(97(8,9)10)54-78(81)71-40-36-63(51-84(71)101)66-48-68(98(11,12)13)53-69(49-66)99(14,15)16/h19-56H,18H2,1-17H3. The Kier molecular flexibility index (Phi) is 15.1. The Morgan fingerprint density at radius 1 is 0.333 bits per heavy atom. The molecule has 0 saturated heterocycles. The summed E-state index contributed by atoms with van der Waals surface area (Å²) in [5, 5.41) is 7.61. The summed E-state index contributed by atoms with van der Waals surface area (Å²) in [5.74, 6) is 0. The summed E-state index contributed by atoms with van der Waals surface area (Å²) < 4.78 is 7.79. The maximum atomic E-state index is 2.78. The van der Waals surface area contributed by atoms with Crippen molar-refractivity contribution < 1.29 is 0 Å². The molecule has 0 bridgehead atoms. The van der Waals surface area contributed by atoms with Crippen molar-refractivity contribution in [2.24, 2.45) is 0 Å². The molecule has 3 nitrogen and oxygen atoms in total. The van der Waals surface area contributed by atoms with E-state index < -0.39 is 5.41 Å². The molecule has 0 fully saturated rings. The minimum atomic E-state index is -0.502. The van der Waals surface area contributed by atoms with Crippen LogP contribution >= 0.6 is 22.7 Å². The maximum absolute atomic E-state index is 2.78. The minimum Gasteiger partial charge on any atom is -0.309 e. The van der Waals surface area contributed by atoms with E-state index >= 15 is 0 Å². The fraction of sp³-hybridized carbons (Fsp3) is 0.220. The van der Waals surface area contributed by atoms with Gasteiger partial charge in [-0.1, -0.05) is 239 Å². The van der Waals surface area contributed by atoms with Crippen molar-refractivity contribution in [2.45, 2.75) is 146 Å². The number of para-hydroxylation sites is 1. The molecule has 3 aromatic heterocycles. The number of rotatable bonds is 8. The summed E-state index contributed by atoms with van der Waals surface area (Å²) >= 11 is 3.78. The summed E-state index contributed by atoms with van der Waals surface area (Å²) in [6, 6.07) is 91.2. The van der Waals surface area contributed by atoms with Crippen LogP contribution in [0.3, 0.4) is 0 Å². The van der Waals surface area contributed by atoms with E-state index in [0.717, 1.165) is 34.9 Å². The highest BCUT2D eigenvalue weighted by Crippen LogP contribution is 2.66. The molecule has 2 aliphatic rings. The zero-order chi connectivity index (χ0) is 72.8. The van der Waals surface area contributed by atoms with E-state index in [1.807, 2.05) is 22.7 Å². The van der Waals surface area contributed by atoms with Crippen molar-refractivity contribution in [2.75, 3.05) is 9.80 Å². The van der Waals surface area contributed by atoms with Gasteiger partial charge >= 0.3 is 0 Å². The predicted molar refractivity (Wildman–Crippen MR) is 458 cm³/mol. The largest absolute Gasteiger partial charge is 0.309 e. The molecule has 0 N–H and O–H groups in total. The molecule has 5 heterocycles. The summed E-state index contributed by atoms with van der Waals surface area (Å²) in [5.41, 5.74) is 36.3. The summed E-state index contributed by atoms with van der Waals surface area (Å²) in [4.78, 5) is 5.47. The van der Waals surface area contributed by atoms with Crippen LogP contribution in [0.15, 0.2) is 231 Å². The number of nitrogens with zero attached hydrogens (tertiary/aromatic N) is 3. The molecule has 0 amide bonds. The maximum Gasteiger partial charge on any atom is 0.0746 e. The molecule has 2 aliphatic heterocycles. The molecule has 0 radical (unpaired) electrons. The van der Waals surface area contributed by atoms with Crippen molar-refractivity contribution in [3.8, 4) is 61.3 Å². The zero-order valence-electron chi connectivity index (χ0n) is 63.8. The number of benzene rings is 13. The molecule has 105 heavy (non-hydrogen) atoms. The van der Waals surface area contributed by atoms with Gasteiger partial charge in [0, 0.05) is 73.3 Å². The van der Waals surface area contributed by atoms with Crippen LogP contribution in [-0.2, 0) is 21.7 Å². The lowest BCUT2D eigenvalue weighted by Gasteiger charge is -2.50. The number of aromatic nitrogens is 1. The van der Waals surface area contributed by atoms with E-state index in [-0.39, 0.29) is 16.2 Å². The first-order valence-corrected chi connectivity index (χ1v) is 39.3. The van der Waals surface area contributed by atoms with Crippen LogP contribution in [0.5, 0.6) is 0 Å². The number of thiophene rings is 2. The van der Waals surface area contributed by atoms with Crippen LogP contribution in [0.1, 0.15) is 144 Å². The summed E-state index contributed by atoms with van der Waals surface area (Å²) in [6.45, 7) is 39.8. The molecule has 18 rings (SSSR count). The first kappa shape index (κ1) is 66.6. The molecule has 16 aromatic rings. The zero-order valence-corrected chi connectivity index (χ0v) is 65.4. The minimum absolute atomic E-state index is 0.0601. The van der Waals surface area contributed by atoms with Crippen molar-refractivity contribution >= 4 is 119 Å². The second-order valence-corrected chi connectivity index (χ2v) is 36.0. The average Bonchev–Trinajstić information content (AvgIpc) is 0.932. The second-order valence-electron chi connectivity index (χ2n) is 33.8. The van der Waals surface area contributed by atoms with Crippen molar-refractivity contribution in [3.05, 3.63) is 292 Å². The van der Waals surface area contributed by atoms with Crippen LogP contribution in [0.2, 0.25) is 0 Å². The summed E-state index contributed by atoms with van der Waals surface area (Å²) in [6.07, 6.45) is 0.853. The van der Waals surface area contributed by atoms with Gasteiger partial charge in [-0.15, -0.1) is 22.7 Å². The second kappa shape index (κ2) is 23.9. The molecule has 1 unspecified atom stereocenters. The molecule has 0 aliphatic carbocycles. The van der Waals surface area contributed by atoms with E-state index in [1.54, 1.807) is 0 Å². The molecule has 518 valence electrons. The average molecular weight is 1400 g/mol. The first-order valence-electron chi connectivity index (χ1n) is 37.7. The van der Waals surface area contributed by atoms with E-state index in [2.05, 4.69) is 363 Å². The smallest absolute Gasteiger partial charge is 0.0746 e. The third kappa shape index (κ3) is 10.4. The lowest BCUT2D eigenvalue weighted by molar-refractivity contribution is 0.544. The van der Waals surface area contributed by atoms with Gasteiger partial charge in [0.1, 0.15) is 0 Å². The molecule has 5 heteroatoms. The Bertz CT molecular complexity index is 6160. The number of hydrogen-bond donors (Lipinski definition) is 0. The van der Waals surface area contributed by atoms with Crippen LogP contribution in [0.25, 0.3) is 123 Å². The Morgan fingerprint density at radius 3 is 1.38 bits per heavy atom. The lowest BCUT2D eigenvalue weighted by Crippen LogP contribution is -2.36. The van der Waals surface area contributed by atoms with Crippen molar-refractivity contribution in [1.29, 1.82) is 0 Å². The van der Waals surface area contributed by atoms with Crippen LogP contribution in [-0.4, -0.2) is 4.57 Å². The summed E-state index contributed by atoms with van der Waals surface area (Å²) in [7, 11) is 0. The van der Waals surface area contributed by atoms with Gasteiger partial charge in [-0.05, 0) is 238 Å². The van der Waals surface area contributed by atoms with Crippen molar-refractivity contribution in [3.63, 3.8) is 0 Å². The van der Waals surface area contributed by atoms with Crippen molar-refractivity contribution in [1.82, 2.24) is 4.57 Å². The van der Waals surface area contributed by atoms with Gasteiger partial charge < -0.3 is 14.4 Å². The van der Waals surface area contributed by atoms with Crippen LogP contribution < -0.4 is 9.80 Å².